The first-order valence-electron chi connectivity index (χ1n) is 7.88. The molecule has 1 amide bonds. The molecule has 0 aromatic heterocycles. The van der Waals surface area contributed by atoms with Gasteiger partial charge in [-0.2, -0.15) is 0 Å². The molecule has 2 aromatic carbocycles. The van der Waals surface area contributed by atoms with Crippen LogP contribution in [0.1, 0.15) is 16.7 Å². The molecule has 0 saturated heterocycles. The summed E-state index contributed by atoms with van der Waals surface area (Å²) in [6.07, 6.45) is 1.44. The van der Waals surface area contributed by atoms with Gasteiger partial charge in [-0.05, 0) is 37.6 Å². The van der Waals surface area contributed by atoms with Crippen molar-refractivity contribution in [2.75, 3.05) is 26.1 Å². The van der Waals surface area contributed by atoms with Gasteiger partial charge in [-0.3, -0.25) is 4.79 Å². The average Bonchev–Trinajstić information content (AvgIpc) is 2.60. The van der Waals surface area contributed by atoms with Crippen molar-refractivity contribution < 1.29 is 19.1 Å². The maximum Gasteiger partial charge on any atom is 0.265 e. The van der Waals surface area contributed by atoms with Crippen molar-refractivity contribution in [3.8, 4) is 11.5 Å². The smallest absolute Gasteiger partial charge is 0.265 e. The van der Waals surface area contributed by atoms with Crippen LogP contribution in [-0.2, 0) is 9.63 Å². The van der Waals surface area contributed by atoms with E-state index in [-0.39, 0.29) is 12.5 Å². The van der Waals surface area contributed by atoms with Crippen LogP contribution >= 0.6 is 11.6 Å². The van der Waals surface area contributed by atoms with E-state index in [9.17, 15) is 4.79 Å². The van der Waals surface area contributed by atoms with Crippen LogP contribution in [-0.4, -0.2) is 32.9 Å². The number of carbonyl (C=O) groups excluding carboxylic acids is 1. The molecule has 0 saturated carbocycles. The van der Waals surface area contributed by atoms with Crippen LogP contribution in [0.3, 0.4) is 0 Å². The molecule has 0 fully saturated rings. The molecule has 0 aliphatic heterocycles. The Morgan fingerprint density at radius 1 is 1.19 bits per heavy atom. The maximum absolute atomic E-state index is 11.9. The van der Waals surface area contributed by atoms with Crippen molar-refractivity contribution >= 4 is 29.4 Å². The number of hydrogen-bond donors (Lipinski definition) is 1. The third-order valence-corrected chi connectivity index (χ3v) is 3.86. The lowest BCUT2D eigenvalue weighted by molar-refractivity contribution is -0.120. The molecule has 1 N–H and O–H groups in total. The monoisotopic (exact) mass is 376 g/mol. The van der Waals surface area contributed by atoms with Gasteiger partial charge in [0, 0.05) is 11.3 Å². The standard InChI is InChI=1S/C19H21ClN2O4/c1-12-5-6-16(13(2)7-12)22-18(23)11-26-21-10-14-8-15(20)19(25-4)17(9-14)24-3/h5-10H,11H2,1-4H3,(H,22,23)/b21-10-. The summed E-state index contributed by atoms with van der Waals surface area (Å²) in [5, 5.41) is 6.96. The molecular weight excluding hydrogens is 356 g/mol. The van der Waals surface area contributed by atoms with E-state index in [0.29, 0.717) is 22.1 Å². The lowest BCUT2D eigenvalue weighted by Gasteiger charge is -2.10. The summed E-state index contributed by atoms with van der Waals surface area (Å²) in [5.74, 6) is 0.633. The topological polar surface area (TPSA) is 69.2 Å². The quantitative estimate of drug-likeness (QED) is 0.586. The van der Waals surface area contributed by atoms with Gasteiger partial charge in [-0.25, -0.2) is 0 Å². The van der Waals surface area contributed by atoms with E-state index in [1.54, 1.807) is 12.1 Å². The molecule has 26 heavy (non-hydrogen) atoms. The van der Waals surface area contributed by atoms with E-state index in [1.807, 2.05) is 32.0 Å². The van der Waals surface area contributed by atoms with Gasteiger partial charge in [0.1, 0.15) is 0 Å². The summed E-state index contributed by atoms with van der Waals surface area (Å²) in [4.78, 5) is 17.0. The Morgan fingerprint density at radius 3 is 2.62 bits per heavy atom. The highest BCUT2D eigenvalue weighted by Gasteiger charge is 2.10. The number of halogens is 1. The third-order valence-electron chi connectivity index (χ3n) is 3.58. The predicted molar refractivity (Wildman–Crippen MR) is 103 cm³/mol. The molecule has 0 bridgehead atoms. The number of oxime groups is 1. The number of aryl methyl sites for hydroxylation is 2. The van der Waals surface area contributed by atoms with Gasteiger partial charge in [0.05, 0.1) is 25.5 Å². The summed E-state index contributed by atoms with van der Waals surface area (Å²) in [6.45, 7) is 3.73. The number of amides is 1. The number of anilines is 1. The van der Waals surface area contributed by atoms with Crippen molar-refractivity contribution in [1.29, 1.82) is 0 Å². The van der Waals surface area contributed by atoms with E-state index in [1.165, 1.54) is 20.4 Å². The number of ether oxygens (including phenoxy) is 2. The first-order chi connectivity index (χ1) is 12.4. The van der Waals surface area contributed by atoms with Crippen molar-refractivity contribution in [1.82, 2.24) is 0 Å². The Balaban J connectivity index is 1.92. The van der Waals surface area contributed by atoms with Crippen LogP contribution in [0.25, 0.3) is 0 Å². The minimum absolute atomic E-state index is 0.204. The van der Waals surface area contributed by atoms with Gasteiger partial charge in [-0.15, -0.1) is 0 Å². The first-order valence-corrected chi connectivity index (χ1v) is 8.26. The van der Waals surface area contributed by atoms with Crippen LogP contribution in [0.15, 0.2) is 35.5 Å². The van der Waals surface area contributed by atoms with Gasteiger partial charge in [0.2, 0.25) is 0 Å². The molecule has 2 aromatic rings. The second kappa shape index (κ2) is 9.10. The Morgan fingerprint density at radius 2 is 1.96 bits per heavy atom. The van der Waals surface area contributed by atoms with E-state index in [4.69, 9.17) is 25.9 Å². The number of carbonyl (C=O) groups is 1. The van der Waals surface area contributed by atoms with E-state index >= 15 is 0 Å². The summed E-state index contributed by atoms with van der Waals surface area (Å²) < 4.78 is 10.4. The number of hydrogen-bond acceptors (Lipinski definition) is 5. The molecule has 6 nitrogen and oxygen atoms in total. The van der Waals surface area contributed by atoms with Crippen molar-refractivity contribution in [3.05, 3.63) is 52.0 Å². The molecule has 7 heteroatoms. The zero-order chi connectivity index (χ0) is 19.1. The van der Waals surface area contributed by atoms with Gasteiger partial charge < -0.3 is 19.6 Å². The fourth-order valence-corrected chi connectivity index (χ4v) is 2.64. The van der Waals surface area contributed by atoms with E-state index in [2.05, 4.69) is 10.5 Å². The minimum atomic E-state index is -0.292. The Labute approximate surface area is 157 Å². The van der Waals surface area contributed by atoms with E-state index < -0.39 is 0 Å². The normalized spacial score (nSPS) is 10.7. The molecule has 0 atom stereocenters. The van der Waals surface area contributed by atoms with Gasteiger partial charge in [-0.1, -0.05) is 34.5 Å². The van der Waals surface area contributed by atoms with Crippen LogP contribution in [0.4, 0.5) is 5.69 Å². The number of benzene rings is 2. The van der Waals surface area contributed by atoms with Crippen molar-refractivity contribution in [3.63, 3.8) is 0 Å². The molecule has 0 radical (unpaired) electrons. The summed E-state index contributed by atoms with van der Waals surface area (Å²) in [6, 6.07) is 9.15. The Kier molecular flexibility index (Phi) is 6.86. The third kappa shape index (κ3) is 5.13. The highest BCUT2D eigenvalue weighted by atomic mass is 35.5. The van der Waals surface area contributed by atoms with Crippen molar-refractivity contribution in [2.24, 2.45) is 5.16 Å². The van der Waals surface area contributed by atoms with Crippen LogP contribution in [0.5, 0.6) is 11.5 Å². The van der Waals surface area contributed by atoms with Gasteiger partial charge in [0.25, 0.3) is 5.91 Å². The van der Waals surface area contributed by atoms with Gasteiger partial charge >= 0.3 is 0 Å². The average molecular weight is 377 g/mol. The second-order valence-electron chi connectivity index (χ2n) is 5.61. The fourth-order valence-electron chi connectivity index (χ4n) is 2.35. The molecule has 0 unspecified atom stereocenters. The lowest BCUT2D eigenvalue weighted by atomic mass is 10.1. The largest absolute Gasteiger partial charge is 0.493 e. The predicted octanol–water partition coefficient (Wildman–Crippen LogP) is 3.96. The molecule has 138 valence electrons. The van der Waals surface area contributed by atoms with Gasteiger partial charge in [0.15, 0.2) is 18.1 Å². The summed E-state index contributed by atoms with van der Waals surface area (Å²) in [5.41, 5.74) is 3.53. The molecular formula is C19H21ClN2O4. The highest BCUT2D eigenvalue weighted by Crippen LogP contribution is 2.35. The lowest BCUT2D eigenvalue weighted by Crippen LogP contribution is -2.17. The van der Waals surface area contributed by atoms with Crippen molar-refractivity contribution in [2.45, 2.75) is 13.8 Å². The van der Waals surface area contributed by atoms with Crippen LogP contribution in [0, 0.1) is 13.8 Å². The van der Waals surface area contributed by atoms with Crippen LogP contribution < -0.4 is 14.8 Å². The molecule has 0 heterocycles. The second-order valence-corrected chi connectivity index (χ2v) is 6.02. The molecule has 2 rings (SSSR count). The molecule has 0 spiro atoms. The first kappa shape index (κ1) is 19.6. The number of nitrogens with zero attached hydrogens (tertiary/aromatic N) is 1. The molecule has 0 aliphatic carbocycles. The zero-order valence-electron chi connectivity index (χ0n) is 15.1. The Hall–Kier alpha value is -2.73. The van der Waals surface area contributed by atoms with E-state index in [0.717, 1.165) is 16.8 Å². The number of methoxy groups -OCH3 is 2. The Bertz CT molecular complexity index is 821. The number of rotatable bonds is 7. The maximum atomic E-state index is 11.9. The van der Waals surface area contributed by atoms with Crippen LogP contribution in [0.2, 0.25) is 5.02 Å². The summed E-state index contributed by atoms with van der Waals surface area (Å²) in [7, 11) is 3.03. The number of nitrogens with one attached hydrogen (secondary N) is 1. The minimum Gasteiger partial charge on any atom is -0.493 e. The fraction of sp³-hybridized carbons (Fsp3) is 0.263. The highest BCUT2D eigenvalue weighted by molar-refractivity contribution is 6.32. The molecule has 0 aliphatic rings. The SMILES string of the molecule is COc1cc(/C=N\OCC(=O)Nc2ccc(C)cc2C)cc(Cl)c1OC. The summed E-state index contributed by atoms with van der Waals surface area (Å²) >= 11 is 6.12. The zero-order valence-corrected chi connectivity index (χ0v) is 15.9.